The molecule has 1 amide bonds. The van der Waals surface area contributed by atoms with E-state index < -0.39 is 8.32 Å². The Morgan fingerprint density at radius 1 is 1.07 bits per heavy atom. The number of carbonyl (C=O) groups excluding carboxylic acids is 1. The maximum atomic E-state index is 11.9. The summed E-state index contributed by atoms with van der Waals surface area (Å²) in [6.07, 6.45) is 2.11. The van der Waals surface area contributed by atoms with Crippen LogP contribution in [0.15, 0.2) is 60.7 Å². The lowest BCUT2D eigenvalue weighted by Gasteiger charge is -2.52. The average molecular weight is 396 g/mol. The van der Waals surface area contributed by atoms with E-state index in [1.807, 2.05) is 0 Å². The summed E-state index contributed by atoms with van der Waals surface area (Å²) in [7, 11) is -2.57. The van der Waals surface area contributed by atoms with E-state index in [-0.39, 0.29) is 16.5 Å². The van der Waals surface area contributed by atoms with Crippen LogP contribution in [0.1, 0.15) is 47.5 Å². The molecule has 150 valence electrons. The number of carbonyl (C=O) groups is 1. The van der Waals surface area contributed by atoms with E-state index >= 15 is 0 Å². The number of benzene rings is 2. The second kappa shape index (κ2) is 7.84. The highest BCUT2D eigenvalue weighted by atomic mass is 28.4. The molecule has 2 aromatic rings. The summed E-state index contributed by atoms with van der Waals surface area (Å²) >= 11 is 0. The molecular weight excluding hydrogens is 362 g/mol. The lowest BCUT2D eigenvalue weighted by atomic mass is 9.68. The first kappa shape index (κ1) is 20.8. The Bertz CT molecular complexity index is 761. The molecule has 3 rings (SSSR count). The van der Waals surface area contributed by atoms with E-state index in [0.29, 0.717) is 12.5 Å². The van der Waals surface area contributed by atoms with Gasteiger partial charge in [-0.3, -0.25) is 4.79 Å². The predicted octanol–water partition coefficient (Wildman–Crippen LogP) is 3.87. The lowest BCUT2D eigenvalue weighted by molar-refractivity contribution is -0.124. The van der Waals surface area contributed by atoms with Gasteiger partial charge in [0.25, 0.3) is 8.32 Å². The Morgan fingerprint density at radius 2 is 1.57 bits per heavy atom. The van der Waals surface area contributed by atoms with Gasteiger partial charge in [0.1, 0.15) is 0 Å². The molecule has 0 bridgehead atoms. The number of hydrogen-bond acceptors (Lipinski definition) is 2. The molecule has 0 radical (unpaired) electrons. The van der Waals surface area contributed by atoms with Crippen molar-refractivity contribution in [2.24, 2.45) is 5.92 Å². The molecule has 0 aliphatic heterocycles. The Hall–Kier alpha value is -1.91. The molecule has 1 aliphatic rings. The minimum absolute atomic E-state index is 0.0256. The number of hydrogen-bond donors (Lipinski definition) is 1. The second-order valence-electron chi connectivity index (χ2n) is 9.23. The van der Waals surface area contributed by atoms with Crippen molar-refractivity contribution in [1.82, 2.24) is 5.32 Å². The minimum Gasteiger partial charge on any atom is -0.405 e. The third-order valence-electron chi connectivity index (χ3n) is 6.35. The van der Waals surface area contributed by atoms with Crippen LogP contribution in [-0.2, 0) is 9.22 Å². The normalized spacial score (nSPS) is 22.4. The van der Waals surface area contributed by atoms with Crippen molar-refractivity contribution >= 4 is 24.6 Å². The maximum Gasteiger partial charge on any atom is 0.261 e. The summed E-state index contributed by atoms with van der Waals surface area (Å²) in [5.41, 5.74) is -0.251. The molecule has 0 spiro atoms. The summed E-state index contributed by atoms with van der Waals surface area (Å²) in [5, 5.41) is 5.73. The summed E-state index contributed by atoms with van der Waals surface area (Å²) < 4.78 is 7.07. The first-order chi connectivity index (χ1) is 13.2. The molecule has 2 atom stereocenters. The van der Waals surface area contributed by atoms with E-state index in [4.69, 9.17) is 4.43 Å². The third kappa shape index (κ3) is 3.68. The van der Waals surface area contributed by atoms with Crippen LogP contribution in [0.4, 0.5) is 0 Å². The van der Waals surface area contributed by atoms with Crippen molar-refractivity contribution < 1.29 is 9.22 Å². The van der Waals surface area contributed by atoms with E-state index in [1.54, 1.807) is 6.92 Å². The Kier molecular flexibility index (Phi) is 5.83. The van der Waals surface area contributed by atoms with Gasteiger partial charge in [0.15, 0.2) is 0 Å². The van der Waals surface area contributed by atoms with Crippen molar-refractivity contribution in [1.29, 1.82) is 0 Å². The monoisotopic (exact) mass is 395 g/mol. The van der Waals surface area contributed by atoms with E-state index in [2.05, 4.69) is 93.7 Å². The summed E-state index contributed by atoms with van der Waals surface area (Å²) in [6.45, 7) is 11.2. The quantitative estimate of drug-likeness (QED) is 0.754. The van der Waals surface area contributed by atoms with Crippen molar-refractivity contribution in [2.45, 2.75) is 58.0 Å². The van der Waals surface area contributed by atoms with E-state index in [9.17, 15) is 4.79 Å². The molecule has 1 fully saturated rings. The van der Waals surface area contributed by atoms with Gasteiger partial charge in [-0.15, -0.1) is 0 Å². The zero-order valence-corrected chi connectivity index (χ0v) is 18.8. The number of rotatable bonds is 6. The molecule has 0 saturated heterocycles. The standard InChI is InChI=1S/C24H33NO2Si/c1-19-16-17-24(19,25-20(2)26)18-27-28(23(3,4)5,21-12-8-6-9-13-21)22-14-10-7-11-15-22/h6-15,19H,16-18H2,1-5H3,(H,25,26)/t19-,24+/m0/s1. The van der Waals surface area contributed by atoms with Crippen LogP contribution < -0.4 is 15.7 Å². The van der Waals surface area contributed by atoms with Gasteiger partial charge in [0.05, 0.1) is 12.1 Å². The third-order valence-corrected chi connectivity index (χ3v) is 11.3. The fraction of sp³-hybridized carbons (Fsp3) is 0.458. The van der Waals surface area contributed by atoms with Crippen LogP contribution in [0.2, 0.25) is 5.04 Å². The van der Waals surface area contributed by atoms with Crippen LogP contribution in [-0.4, -0.2) is 26.4 Å². The molecule has 4 heteroatoms. The lowest BCUT2D eigenvalue weighted by Crippen LogP contribution is -2.70. The topological polar surface area (TPSA) is 38.3 Å². The highest BCUT2D eigenvalue weighted by Crippen LogP contribution is 2.42. The molecule has 3 nitrogen and oxygen atoms in total. The molecule has 1 saturated carbocycles. The van der Waals surface area contributed by atoms with E-state index in [1.165, 1.54) is 10.4 Å². The molecule has 0 unspecified atom stereocenters. The van der Waals surface area contributed by atoms with Crippen LogP contribution in [0.25, 0.3) is 0 Å². The van der Waals surface area contributed by atoms with Gasteiger partial charge >= 0.3 is 0 Å². The highest BCUT2D eigenvalue weighted by Gasteiger charge is 2.53. The van der Waals surface area contributed by atoms with Crippen LogP contribution in [0.3, 0.4) is 0 Å². The second-order valence-corrected chi connectivity index (χ2v) is 13.5. The van der Waals surface area contributed by atoms with Gasteiger partial charge in [-0.25, -0.2) is 0 Å². The Balaban J connectivity index is 2.07. The molecular formula is C24H33NO2Si. The first-order valence-corrected chi connectivity index (χ1v) is 12.2. The van der Waals surface area contributed by atoms with Crippen LogP contribution >= 0.6 is 0 Å². The van der Waals surface area contributed by atoms with Gasteiger partial charge < -0.3 is 9.74 Å². The zero-order chi connectivity index (χ0) is 20.4. The fourth-order valence-electron chi connectivity index (χ4n) is 4.57. The number of nitrogens with one attached hydrogen (secondary N) is 1. The molecule has 28 heavy (non-hydrogen) atoms. The number of amides is 1. The SMILES string of the molecule is CC(=O)N[C@@]1(CO[Si](c2ccccc2)(c2ccccc2)C(C)(C)C)CC[C@@H]1C. The molecule has 1 N–H and O–H groups in total. The van der Waals surface area contributed by atoms with Crippen molar-refractivity contribution in [3.05, 3.63) is 60.7 Å². The molecule has 1 aliphatic carbocycles. The van der Waals surface area contributed by atoms with E-state index in [0.717, 1.165) is 12.8 Å². The van der Waals surface area contributed by atoms with Crippen molar-refractivity contribution in [3.63, 3.8) is 0 Å². The van der Waals surface area contributed by atoms with Crippen molar-refractivity contribution in [2.75, 3.05) is 6.61 Å². The smallest absolute Gasteiger partial charge is 0.261 e. The summed E-state index contributed by atoms with van der Waals surface area (Å²) in [4.78, 5) is 11.9. The van der Waals surface area contributed by atoms with Crippen molar-refractivity contribution in [3.8, 4) is 0 Å². The zero-order valence-electron chi connectivity index (χ0n) is 17.8. The average Bonchev–Trinajstić information content (AvgIpc) is 2.66. The maximum absolute atomic E-state index is 11.9. The summed E-state index contributed by atoms with van der Waals surface area (Å²) in [5.74, 6) is 0.451. The van der Waals surface area contributed by atoms with Crippen LogP contribution in [0.5, 0.6) is 0 Å². The van der Waals surface area contributed by atoms with Gasteiger partial charge in [0.2, 0.25) is 5.91 Å². The molecule has 0 heterocycles. The minimum atomic E-state index is -2.57. The first-order valence-electron chi connectivity index (χ1n) is 10.2. The fourth-order valence-corrected chi connectivity index (χ4v) is 9.20. The Morgan fingerprint density at radius 3 is 1.89 bits per heavy atom. The van der Waals surface area contributed by atoms with Gasteiger partial charge in [-0.2, -0.15) is 0 Å². The Labute approximate surface area is 170 Å². The predicted molar refractivity (Wildman–Crippen MR) is 119 cm³/mol. The van der Waals surface area contributed by atoms with Crippen LogP contribution in [0, 0.1) is 5.92 Å². The largest absolute Gasteiger partial charge is 0.405 e. The highest BCUT2D eigenvalue weighted by molar-refractivity contribution is 6.99. The van der Waals surface area contributed by atoms with Gasteiger partial charge in [-0.05, 0) is 34.2 Å². The molecule has 2 aromatic carbocycles. The van der Waals surface area contributed by atoms with Gasteiger partial charge in [-0.1, -0.05) is 88.4 Å². The van der Waals surface area contributed by atoms with Gasteiger partial charge in [0, 0.05) is 6.92 Å². The molecule has 0 aromatic heterocycles. The summed E-state index contributed by atoms with van der Waals surface area (Å²) in [6, 6.07) is 21.4.